The number of aryl methyl sites for hydroxylation is 1. The van der Waals surface area contributed by atoms with Gasteiger partial charge in [-0.2, -0.15) is 15.0 Å². The number of nitrogens with zero attached hydrogens (tertiary/aromatic N) is 4. The molecule has 6 heteroatoms. The molecule has 2 aromatic rings. The first kappa shape index (κ1) is 9.32. The van der Waals surface area contributed by atoms with Crippen LogP contribution in [-0.2, 0) is 0 Å². The molecule has 1 aromatic heterocycles. The number of benzene rings is 1. The Morgan fingerprint density at radius 3 is 2.60 bits per heavy atom. The number of hydrogen-bond donors (Lipinski definition) is 0. The molecule has 1 heterocycles. The molecule has 0 saturated carbocycles. The van der Waals surface area contributed by atoms with Crippen LogP contribution in [0.5, 0.6) is 0 Å². The molecule has 0 radical (unpaired) electrons. The topological polar surface area (TPSA) is 73.8 Å². The molecular weight excluding hydrogens is 196 g/mol. The lowest BCUT2D eigenvalue weighted by Crippen LogP contribution is -2.02. The molecule has 76 valence electrons. The second-order valence-corrected chi connectivity index (χ2v) is 3.05. The minimum Gasteiger partial charge on any atom is -0.258 e. The molecule has 0 amide bonds. The molecule has 0 aliphatic heterocycles. The SMILES string of the molecule is Cc1ccc([N+](=O)[O-])cc1-n1nccn1. The largest absolute Gasteiger partial charge is 0.271 e. The zero-order valence-electron chi connectivity index (χ0n) is 7.99. The molecule has 0 N–H and O–H groups in total. The monoisotopic (exact) mass is 204 g/mol. The van der Waals surface area contributed by atoms with Crippen molar-refractivity contribution in [3.8, 4) is 5.69 Å². The highest BCUT2D eigenvalue weighted by Gasteiger charge is 2.10. The van der Waals surface area contributed by atoms with Crippen LogP contribution in [0, 0.1) is 17.0 Å². The second-order valence-electron chi connectivity index (χ2n) is 3.05. The van der Waals surface area contributed by atoms with E-state index in [2.05, 4.69) is 10.2 Å². The molecular formula is C9H8N4O2. The van der Waals surface area contributed by atoms with Crippen LogP contribution < -0.4 is 0 Å². The third-order valence-corrected chi connectivity index (χ3v) is 2.04. The van der Waals surface area contributed by atoms with Crippen LogP contribution in [0.1, 0.15) is 5.56 Å². The van der Waals surface area contributed by atoms with E-state index in [1.807, 2.05) is 6.92 Å². The molecule has 15 heavy (non-hydrogen) atoms. The average Bonchev–Trinajstić information content (AvgIpc) is 2.71. The van der Waals surface area contributed by atoms with Crippen LogP contribution in [0.4, 0.5) is 5.69 Å². The zero-order valence-corrected chi connectivity index (χ0v) is 7.99. The van der Waals surface area contributed by atoms with E-state index in [1.54, 1.807) is 6.07 Å². The van der Waals surface area contributed by atoms with E-state index < -0.39 is 4.92 Å². The highest BCUT2D eigenvalue weighted by Crippen LogP contribution is 2.19. The van der Waals surface area contributed by atoms with Crippen molar-refractivity contribution < 1.29 is 4.92 Å². The summed E-state index contributed by atoms with van der Waals surface area (Å²) in [5, 5.41) is 18.5. The summed E-state index contributed by atoms with van der Waals surface area (Å²) in [5.74, 6) is 0. The van der Waals surface area contributed by atoms with Gasteiger partial charge < -0.3 is 0 Å². The Morgan fingerprint density at radius 1 is 1.33 bits per heavy atom. The standard InChI is InChI=1S/C9H8N4O2/c1-7-2-3-8(13(14)15)6-9(7)12-10-4-5-11-12/h2-6H,1H3. The van der Waals surface area contributed by atoms with Crippen molar-refractivity contribution in [2.75, 3.05) is 0 Å². The van der Waals surface area contributed by atoms with E-state index in [0.29, 0.717) is 5.69 Å². The number of hydrogen-bond acceptors (Lipinski definition) is 4. The molecule has 0 atom stereocenters. The third-order valence-electron chi connectivity index (χ3n) is 2.04. The van der Waals surface area contributed by atoms with Gasteiger partial charge >= 0.3 is 0 Å². The number of rotatable bonds is 2. The Hall–Kier alpha value is -2.24. The molecule has 2 rings (SSSR count). The Morgan fingerprint density at radius 2 is 2.00 bits per heavy atom. The fourth-order valence-electron chi connectivity index (χ4n) is 1.27. The second kappa shape index (κ2) is 3.49. The average molecular weight is 204 g/mol. The lowest BCUT2D eigenvalue weighted by atomic mass is 10.2. The van der Waals surface area contributed by atoms with E-state index in [9.17, 15) is 10.1 Å². The van der Waals surface area contributed by atoms with Crippen molar-refractivity contribution >= 4 is 5.69 Å². The van der Waals surface area contributed by atoms with Crippen molar-refractivity contribution in [2.24, 2.45) is 0 Å². The summed E-state index contributed by atoms with van der Waals surface area (Å²) < 4.78 is 0. The normalized spacial score (nSPS) is 10.2. The smallest absolute Gasteiger partial charge is 0.258 e. The highest BCUT2D eigenvalue weighted by molar-refractivity contribution is 5.47. The summed E-state index contributed by atoms with van der Waals surface area (Å²) in [5.41, 5.74) is 1.54. The van der Waals surface area contributed by atoms with Crippen LogP contribution in [-0.4, -0.2) is 19.9 Å². The molecule has 0 spiro atoms. The molecule has 0 fully saturated rings. The summed E-state index contributed by atoms with van der Waals surface area (Å²) in [6.07, 6.45) is 3.05. The van der Waals surface area contributed by atoms with Gasteiger partial charge in [0.1, 0.15) is 0 Å². The Kier molecular flexibility index (Phi) is 2.17. The van der Waals surface area contributed by atoms with Crippen LogP contribution in [0.25, 0.3) is 5.69 Å². The number of aromatic nitrogens is 3. The van der Waals surface area contributed by atoms with Gasteiger partial charge in [0.05, 0.1) is 23.0 Å². The highest BCUT2D eigenvalue weighted by atomic mass is 16.6. The summed E-state index contributed by atoms with van der Waals surface area (Å²) in [6.45, 7) is 1.85. The zero-order chi connectivity index (χ0) is 10.8. The molecule has 1 aromatic carbocycles. The van der Waals surface area contributed by atoms with Crippen molar-refractivity contribution in [1.29, 1.82) is 0 Å². The summed E-state index contributed by atoms with van der Waals surface area (Å²) in [6, 6.07) is 4.59. The van der Waals surface area contributed by atoms with Crippen molar-refractivity contribution in [1.82, 2.24) is 15.0 Å². The first-order chi connectivity index (χ1) is 7.18. The van der Waals surface area contributed by atoms with Crippen LogP contribution in [0.2, 0.25) is 0 Å². The van der Waals surface area contributed by atoms with Gasteiger partial charge in [-0.15, -0.1) is 0 Å². The van der Waals surface area contributed by atoms with E-state index in [4.69, 9.17) is 0 Å². The van der Waals surface area contributed by atoms with Gasteiger partial charge in [0, 0.05) is 12.1 Å². The molecule has 6 nitrogen and oxygen atoms in total. The van der Waals surface area contributed by atoms with Gasteiger partial charge in [-0.1, -0.05) is 6.07 Å². The fraction of sp³-hybridized carbons (Fsp3) is 0.111. The van der Waals surface area contributed by atoms with E-state index >= 15 is 0 Å². The van der Waals surface area contributed by atoms with Gasteiger partial charge in [-0.05, 0) is 12.5 Å². The van der Waals surface area contributed by atoms with Gasteiger partial charge in [0.15, 0.2) is 0 Å². The van der Waals surface area contributed by atoms with E-state index in [0.717, 1.165) is 5.56 Å². The Bertz CT molecular complexity index is 493. The molecule has 0 aliphatic carbocycles. The van der Waals surface area contributed by atoms with Crippen molar-refractivity contribution in [3.63, 3.8) is 0 Å². The van der Waals surface area contributed by atoms with E-state index in [1.165, 1.54) is 29.3 Å². The van der Waals surface area contributed by atoms with Crippen LogP contribution in [0.3, 0.4) is 0 Å². The molecule has 0 bridgehead atoms. The lowest BCUT2D eigenvalue weighted by molar-refractivity contribution is -0.384. The number of nitro groups is 1. The fourth-order valence-corrected chi connectivity index (χ4v) is 1.27. The predicted octanol–water partition coefficient (Wildman–Crippen LogP) is 1.48. The summed E-state index contributed by atoms with van der Waals surface area (Å²) >= 11 is 0. The quantitative estimate of drug-likeness (QED) is 0.548. The maximum atomic E-state index is 10.6. The van der Waals surface area contributed by atoms with Crippen molar-refractivity contribution in [2.45, 2.75) is 6.92 Å². The predicted molar refractivity (Wildman–Crippen MR) is 52.8 cm³/mol. The molecule has 0 aliphatic rings. The minimum atomic E-state index is -0.438. The molecule has 0 saturated heterocycles. The van der Waals surface area contributed by atoms with Crippen LogP contribution >= 0.6 is 0 Å². The van der Waals surface area contributed by atoms with Gasteiger partial charge in [0.2, 0.25) is 0 Å². The number of nitro benzene ring substituents is 1. The van der Waals surface area contributed by atoms with Gasteiger partial charge in [-0.25, -0.2) is 0 Å². The first-order valence-corrected chi connectivity index (χ1v) is 4.30. The molecule has 0 unspecified atom stereocenters. The van der Waals surface area contributed by atoms with E-state index in [-0.39, 0.29) is 5.69 Å². The third kappa shape index (κ3) is 1.69. The lowest BCUT2D eigenvalue weighted by Gasteiger charge is -2.03. The Balaban J connectivity index is 2.55. The first-order valence-electron chi connectivity index (χ1n) is 4.30. The van der Waals surface area contributed by atoms with Gasteiger partial charge in [-0.3, -0.25) is 10.1 Å². The maximum Gasteiger partial charge on any atom is 0.271 e. The summed E-state index contributed by atoms with van der Waals surface area (Å²) in [7, 11) is 0. The maximum absolute atomic E-state index is 10.6. The van der Waals surface area contributed by atoms with Gasteiger partial charge in [0.25, 0.3) is 5.69 Å². The summed E-state index contributed by atoms with van der Waals surface area (Å²) in [4.78, 5) is 11.5. The number of non-ortho nitro benzene ring substituents is 1. The van der Waals surface area contributed by atoms with Crippen LogP contribution in [0.15, 0.2) is 30.6 Å². The minimum absolute atomic E-state index is 0.0351. The van der Waals surface area contributed by atoms with Crippen molar-refractivity contribution in [3.05, 3.63) is 46.3 Å². The Labute approximate surface area is 85.3 Å².